The van der Waals surface area contributed by atoms with Crippen LogP contribution in [-0.2, 0) is 11.3 Å². The maximum Gasteiger partial charge on any atom is 0.327 e. The molecule has 10 N–H and O–H groups in total. The summed E-state index contributed by atoms with van der Waals surface area (Å²) in [6.07, 6.45) is 4.38. The predicted molar refractivity (Wildman–Crippen MR) is 126 cm³/mol. The van der Waals surface area contributed by atoms with Gasteiger partial charge in [-0.2, -0.15) is 0 Å². The van der Waals surface area contributed by atoms with E-state index in [9.17, 15) is 9.90 Å². The molecular weight excluding hydrogens is 424 g/mol. The Balaban J connectivity index is 1.35. The Bertz CT molecular complexity index is 941. The molecule has 11 nitrogen and oxygen atoms in total. The SMILES string of the molecule is NC(N)=NCCCNCc1ccc(N2C=C3C=C([C@H]4C[C@@H](N)[C@@H](CO)O4)NC3NC2=O)cc1. The van der Waals surface area contributed by atoms with Crippen LogP contribution in [-0.4, -0.2) is 61.2 Å². The van der Waals surface area contributed by atoms with Crippen LogP contribution >= 0.6 is 0 Å². The van der Waals surface area contributed by atoms with Crippen LogP contribution in [0.15, 0.2) is 52.8 Å². The van der Waals surface area contributed by atoms with E-state index in [1.807, 2.05) is 36.5 Å². The first-order valence-corrected chi connectivity index (χ1v) is 11.1. The van der Waals surface area contributed by atoms with Gasteiger partial charge in [0, 0.05) is 36.6 Å². The van der Waals surface area contributed by atoms with Gasteiger partial charge < -0.3 is 43.0 Å². The first-order valence-electron chi connectivity index (χ1n) is 11.1. The molecule has 0 spiro atoms. The number of anilines is 1. The molecule has 1 saturated heterocycles. The second-order valence-electron chi connectivity index (χ2n) is 8.37. The molecule has 4 rings (SSSR count). The number of nitrogens with zero attached hydrogens (tertiary/aromatic N) is 2. The Labute approximate surface area is 192 Å². The number of nitrogens with two attached hydrogens (primary N) is 3. The van der Waals surface area contributed by atoms with Gasteiger partial charge in [-0.05, 0) is 43.2 Å². The lowest BCUT2D eigenvalue weighted by Crippen LogP contribution is -2.52. The fourth-order valence-electron chi connectivity index (χ4n) is 4.13. The Morgan fingerprint density at radius 2 is 2.06 bits per heavy atom. The number of carbonyl (C=O) groups is 1. The summed E-state index contributed by atoms with van der Waals surface area (Å²) in [6, 6.07) is 7.40. The lowest BCUT2D eigenvalue weighted by molar-refractivity contribution is 0.0199. The van der Waals surface area contributed by atoms with Gasteiger partial charge in [0.05, 0.1) is 24.5 Å². The molecule has 1 fully saturated rings. The van der Waals surface area contributed by atoms with Crippen molar-refractivity contribution in [1.82, 2.24) is 16.0 Å². The number of aliphatic imine (C=N–C) groups is 1. The van der Waals surface area contributed by atoms with E-state index in [-0.39, 0.29) is 43.0 Å². The topological polar surface area (TPSA) is 176 Å². The molecule has 0 aliphatic carbocycles. The van der Waals surface area contributed by atoms with E-state index in [1.165, 1.54) is 0 Å². The van der Waals surface area contributed by atoms with Gasteiger partial charge in [0.15, 0.2) is 5.96 Å². The molecule has 33 heavy (non-hydrogen) atoms. The summed E-state index contributed by atoms with van der Waals surface area (Å²) < 4.78 is 5.85. The first kappa shape index (κ1) is 23.1. The van der Waals surface area contributed by atoms with Crippen LogP contribution in [0.25, 0.3) is 0 Å². The predicted octanol–water partition coefficient (Wildman–Crippen LogP) is -0.856. The number of rotatable bonds is 9. The van der Waals surface area contributed by atoms with Crippen LogP contribution in [0.5, 0.6) is 0 Å². The number of nitrogens with one attached hydrogen (secondary N) is 3. The molecule has 0 radical (unpaired) electrons. The van der Waals surface area contributed by atoms with Gasteiger partial charge >= 0.3 is 6.03 Å². The van der Waals surface area contributed by atoms with Crippen molar-refractivity contribution < 1.29 is 14.6 Å². The van der Waals surface area contributed by atoms with Crippen LogP contribution in [0.3, 0.4) is 0 Å². The van der Waals surface area contributed by atoms with E-state index in [1.54, 1.807) is 4.90 Å². The molecule has 3 aliphatic rings. The van der Waals surface area contributed by atoms with E-state index in [2.05, 4.69) is 20.9 Å². The highest BCUT2D eigenvalue weighted by atomic mass is 16.5. The van der Waals surface area contributed by atoms with Crippen LogP contribution < -0.4 is 38.1 Å². The molecule has 3 aliphatic heterocycles. The van der Waals surface area contributed by atoms with Crippen LogP contribution in [0.2, 0.25) is 0 Å². The van der Waals surface area contributed by atoms with Gasteiger partial charge in [-0.25, -0.2) is 4.79 Å². The molecule has 4 atom stereocenters. The third-order valence-electron chi connectivity index (χ3n) is 5.91. The second-order valence-corrected chi connectivity index (χ2v) is 8.37. The molecule has 1 aromatic carbocycles. The lowest BCUT2D eigenvalue weighted by atomic mass is 10.1. The average Bonchev–Trinajstić information content (AvgIpc) is 3.38. The number of guanidine groups is 1. The van der Waals surface area contributed by atoms with Gasteiger partial charge in [-0.1, -0.05) is 12.1 Å². The second kappa shape index (κ2) is 10.2. The molecule has 0 aromatic heterocycles. The number of amides is 2. The summed E-state index contributed by atoms with van der Waals surface area (Å²) in [5.41, 5.74) is 20.3. The number of hydrogen-bond donors (Lipinski definition) is 7. The monoisotopic (exact) mass is 456 g/mol. The number of fused-ring (bicyclic) bond motifs is 1. The summed E-state index contributed by atoms with van der Waals surface area (Å²) in [5.74, 6) is 0.111. The molecule has 3 heterocycles. The van der Waals surface area contributed by atoms with Crippen LogP contribution in [0.1, 0.15) is 18.4 Å². The highest BCUT2D eigenvalue weighted by Crippen LogP contribution is 2.30. The molecule has 178 valence electrons. The number of benzene rings is 1. The van der Waals surface area contributed by atoms with Gasteiger partial charge in [-0.3, -0.25) is 9.89 Å². The third-order valence-corrected chi connectivity index (χ3v) is 5.91. The first-order chi connectivity index (χ1) is 15.9. The Morgan fingerprint density at radius 1 is 1.27 bits per heavy atom. The van der Waals surface area contributed by atoms with Gasteiger partial charge in [-0.15, -0.1) is 0 Å². The van der Waals surface area contributed by atoms with Crippen molar-refractivity contribution in [2.45, 2.75) is 43.8 Å². The molecule has 2 amide bonds. The zero-order valence-corrected chi connectivity index (χ0v) is 18.4. The maximum absolute atomic E-state index is 12.7. The third kappa shape index (κ3) is 5.45. The minimum atomic E-state index is -0.369. The van der Waals surface area contributed by atoms with E-state index < -0.39 is 0 Å². The number of hydrogen-bond acceptors (Lipinski definition) is 7. The van der Waals surface area contributed by atoms with Crippen molar-refractivity contribution >= 4 is 17.7 Å². The van der Waals surface area contributed by atoms with Crippen LogP contribution in [0, 0.1) is 0 Å². The van der Waals surface area contributed by atoms with E-state index >= 15 is 0 Å². The summed E-state index contributed by atoms with van der Waals surface area (Å²) in [4.78, 5) is 18.2. The summed E-state index contributed by atoms with van der Waals surface area (Å²) >= 11 is 0. The van der Waals surface area contributed by atoms with Crippen LogP contribution in [0.4, 0.5) is 10.5 Å². The summed E-state index contributed by atoms with van der Waals surface area (Å²) in [5, 5.41) is 19.0. The Hall–Kier alpha value is -3.12. The molecular formula is C22H32N8O3. The van der Waals surface area contributed by atoms with E-state index in [0.29, 0.717) is 19.5 Å². The van der Waals surface area contributed by atoms with Crippen molar-refractivity contribution in [3.63, 3.8) is 0 Å². The summed E-state index contributed by atoms with van der Waals surface area (Å²) in [6.45, 7) is 2.01. The quantitative estimate of drug-likeness (QED) is 0.143. The van der Waals surface area contributed by atoms with Crippen molar-refractivity contribution in [2.75, 3.05) is 24.6 Å². The largest absolute Gasteiger partial charge is 0.394 e. The molecule has 1 aromatic rings. The van der Waals surface area contributed by atoms with Crippen molar-refractivity contribution in [2.24, 2.45) is 22.2 Å². The lowest BCUT2D eigenvalue weighted by Gasteiger charge is -2.29. The van der Waals surface area contributed by atoms with Crippen molar-refractivity contribution in [1.29, 1.82) is 0 Å². The number of urea groups is 1. The minimum Gasteiger partial charge on any atom is -0.394 e. The molecule has 0 saturated carbocycles. The normalized spacial score (nSPS) is 26.2. The highest BCUT2D eigenvalue weighted by Gasteiger charge is 2.39. The maximum atomic E-state index is 12.7. The Kier molecular flexibility index (Phi) is 7.14. The zero-order valence-electron chi connectivity index (χ0n) is 18.4. The van der Waals surface area contributed by atoms with Crippen molar-refractivity contribution in [3.8, 4) is 0 Å². The zero-order chi connectivity index (χ0) is 23.4. The summed E-state index contributed by atoms with van der Waals surface area (Å²) in [7, 11) is 0. The number of aliphatic hydroxyl groups excluding tert-OH is 1. The standard InChI is InChI=1S/C22H32N8O3/c23-16-9-18(33-19(16)12-31)17-8-14-11-30(22(32)29-20(14)28-17)15-4-2-13(3-5-15)10-26-6-1-7-27-21(24)25/h2-5,8,11,16,18-20,26,28,31H,1,6-7,9-10,12,23H2,(H,29,32)(H4,24,25,27)/t16-,18-,19-,20?/m1/s1. The smallest absolute Gasteiger partial charge is 0.327 e. The molecule has 1 unspecified atom stereocenters. The number of ether oxygens (including phenoxy) is 1. The van der Waals surface area contributed by atoms with Crippen molar-refractivity contribution in [3.05, 3.63) is 53.4 Å². The highest BCUT2D eigenvalue weighted by molar-refractivity contribution is 5.96. The van der Waals surface area contributed by atoms with Gasteiger partial charge in [0.1, 0.15) is 6.17 Å². The number of carbonyl (C=O) groups excluding carboxylic acids is 1. The van der Waals surface area contributed by atoms with Gasteiger partial charge in [0.2, 0.25) is 0 Å². The number of aliphatic hydroxyl groups is 1. The molecule has 11 heteroatoms. The Morgan fingerprint density at radius 3 is 2.76 bits per heavy atom. The fourth-order valence-corrected chi connectivity index (χ4v) is 4.13. The molecule has 0 bridgehead atoms. The van der Waals surface area contributed by atoms with E-state index in [4.69, 9.17) is 21.9 Å². The van der Waals surface area contributed by atoms with Gasteiger partial charge in [0.25, 0.3) is 0 Å². The average molecular weight is 457 g/mol. The fraction of sp³-hybridized carbons (Fsp3) is 0.455. The van der Waals surface area contributed by atoms with E-state index in [0.717, 1.165) is 35.5 Å². The minimum absolute atomic E-state index is 0.106.